The normalized spacial score (nSPS) is 11.1. The number of nitrogens with zero attached hydrogens (tertiary/aromatic N) is 3. The fraction of sp³-hybridized carbons (Fsp3) is 0.429. The minimum absolute atomic E-state index is 0.126. The minimum Gasteiger partial charge on any atom is -0.397 e. The Morgan fingerprint density at radius 1 is 1.50 bits per heavy atom. The molecule has 1 amide bonds. The summed E-state index contributed by atoms with van der Waals surface area (Å²) in [4.78, 5) is 12.3. The lowest BCUT2D eigenvalue weighted by Gasteiger charge is -2.12. The summed E-state index contributed by atoms with van der Waals surface area (Å²) >= 11 is 0. The summed E-state index contributed by atoms with van der Waals surface area (Å²) in [6.45, 7) is 6.47. The number of nitrogens with one attached hydrogen (secondary N) is 1. The van der Waals surface area contributed by atoms with Crippen molar-refractivity contribution in [2.24, 2.45) is 7.05 Å². The molecule has 20 heavy (non-hydrogen) atoms. The number of aromatic nitrogens is 3. The molecule has 0 fully saturated rings. The Hall–Kier alpha value is -2.24. The van der Waals surface area contributed by atoms with E-state index in [1.165, 1.54) is 0 Å². The van der Waals surface area contributed by atoms with Crippen LogP contribution in [0.2, 0.25) is 0 Å². The van der Waals surface area contributed by atoms with Crippen LogP contribution in [0.15, 0.2) is 18.5 Å². The maximum absolute atomic E-state index is 12.3. The molecule has 0 unspecified atom stereocenters. The van der Waals surface area contributed by atoms with Gasteiger partial charge in [0.15, 0.2) is 0 Å². The van der Waals surface area contributed by atoms with Gasteiger partial charge in [0.25, 0.3) is 5.91 Å². The van der Waals surface area contributed by atoms with Gasteiger partial charge in [0.2, 0.25) is 0 Å². The number of nitrogens with two attached hydrogens (primary N) is 1. The average molecular weight is 275 g/mol. The fourth-order valence-corrected chi connectivity index (χ4v) is 2.09. The van der Waals surface area contributed by atoms with E-state index in [0.29, 0.717) is 17.9 Å². The highest BCUT2D eigenvalue weighted by atomic mass is 16.1. The molecule has 0 saturated heterocycles. The van der Waals surface area contributed by atoms with E-state index in [0.717, 1.165) is 11.3 Å². The molecule has 2 aromatic heterocycles. The van der Waals surface area contributed by atoms with E-state index >= 15 is 0 Å². The Morgan fingerprint density at radius 2 is 2.20 bits per heavy atom. The molecule has 6 nitrogen and oxygen atoms in total. The zero-order chi connectivity index (χ0) is 14.9. The molecule has 0 aromatic carbocycles. The number of carbonyl (C=O) groups excluding carboxylic acids is 1. The molecule has 0 spiro atoms. The Morgan fingerprint density at radius 3 is 2.75 bits per heavy atom. The highest BCUT2D eigenvalue weighted by Gasteiger charge is 2.15. The van der Waals surface area contributed by atoms with Crippen LogP contribution in [0.4, 0.5) is 5.69 Å². The Kier molecular flexibility index (Phi) is 3.83. The van der Waals surface area contributed by atoms with Gasteiger partial charge in [-0.2, -0.15) is 5.10 Å². The first-order valence-corrected chi connectivity index (χ1v) is 6.63. The molecule has 0 atom stereocenters. The quantitative estimate of drug-likeness (QED) is 0.890. The lowest BCUT2D eigenvalue weighted by Crippen LogP contribution is -2.26. The van der Waals surface area contributed by atoms with Crippen LogP contribution in [-0.2, 0) is 13.6 Å². The lowest BCUT2D eigenvalue weighted by atomic mass is 10.2. The number of rotatable bonds is 4. The summed E-state index contributed by atoms with van der Waals surface area (Å²) in [6.07, 6.45) is 3.56. The van der Waals surface area contributed by atoms with Crippen LogP contribution in [0.5, 0.6) is 0 Å². The number of hydrogen-bond acceptors (Lipinski definition) is 3. The molecule has 2 rings (SSSR count). The van der Waals surface area contributed by atoms with Gasteiger partial charge in [-0.05, 0) is 26.8 Å². The van der Waals surface area contributed by atoms with Crippen molar-refractivity contribution in [3.8, 4) is 0 Å². The average Bonchev–Trinajstić information content (AvgIpc) is 2.92. The van der Waals surface area contributed by atoms with Crippen LogP contribution in [-0.4, -0.2) is 20.3 Å². The van der Waals surface area contributed by atoms with Crippen molar-refractivity contribution in [2.45, 2.75) is 33.4 Å². The van der Waals surface area contributed by atoms with Crippen LogP contribution in [0, 0.1) is 6.92 Å². The molecule has 0 radical (unpaired) electrons. The van der Waals surface area contributed by atoms with Crippen LogP contribution >= 0.6 is 0 Å². The SMILES string of the molecule is Cc1c(CNC(=O)c2cc(N)cn2C(C)C)cnn1C. The largest absolute Gasteiger partial charge is 0.397 e. The summed E-state index contributed by atoms with van der Waals surface area (Å²) in [6, 6.07) is 1.89. The van der Waals surface area contributed by atoms with Gasteiger partial charge in [-0.25, -0.2) is 0 Å². The number of carbonyl (C=O) groups is 1. The Balaban J connectivity index is 2.11. The third-order valence-corrected chi connectivity index (χ3v) is 3.43. The van der Waals surface area contributed by atoms with Crippen molar-refractivity contribution in [3.05, 3.63) is 35.4 Å². The molecular formula is C14H21N5O. The maximum Gasteiger partial charge on any atom is 0.268 e. The zero-order valence-electron chi connectivity index (χ0n) is 12.3. The van der Waals surface area contributed by atoms with E-state index in [1.807, 2.05) is 32.4 Å². The van der Waals surface area contributed by atoms with Gasteiger partial charge in [-0.3, -0.25) is 9.48 Å². The first-order valence-electron chi connectivity index (χ1n) is 6.63. The van der Waals surface area contributed by atoms with Crippen LogP contribution in [0.25, 0.3) is 0 Å². The van der Waals surface area contributed by atoms with Gasteiger partial charge in [0.05, 0.1) is 11.9 Å². The van der Waals surface area contributed by atoms with Crippen LogP contribution in [0.3, 0.4) is 0 Å². The van der Waals surface area contributed by atoms with E-state index in [1.54, 1.807) is 23.1 Å². The fourth-order valence-electron chi connectivity index (χ4n) is 2.09. The highest BCUT2D eigenvalue weighted by molar-refractivity contribution is 5.93. The van der Waals surface area contributed by atoms with E-state index in [2.05, 4.69) is 10.4 Å². The summed E-state index contributed by atoms with van der Waals surface area (Å²) in [5.74, 6) is -0.126. The van der Waals surface area contributed by atoms with E-state index in [9.17, 15) is 4.79 Å². The molecule has 3 N–H and O–H groups in total. The molecule has 6 heteroatoms. The summed E-state index contributed by atoms with van der Waals surface area (Å²) in [5, 5.41) is 7.07. The molecule has 0 aliphatic carbocycles. The topological polar surface area (TPSA) is 77.9 Å². The Labute approximate surface area is 118 Å². The molecule has 0 aliphatic rings. The van der Waals surface area contributed by atoms with Gasteiger partial charge in [-0.1, -0.05) is 0 Å². The molecule has 0 aliphatic heterocycles. The maximum atomic E-state index is 12.3. The second-order valence-corrected chi connectivity index (χ2v) is 5.22. The van der Waals surface area contributed by atoms with Gasteiger partial charge < -0.3 is 15.6 Å². The van der Waals surface area contributed by atoms with Gasteiger partial charge in [-0.15, -0.1) is 0 Å². The van der Waals surface area contributed by atoms with Crippen LogP contribution in [0.1, 0.15) is 41.6 Å². The second kappa shape index (κ2) is 5.40. The van der Waals surface area contributed by atoms with Crippen LogP contribution < -0.4 is 11.1 Å². The monoisotopic (exact) mass is 275 g/mol. The molecular weight excluding hydrogens is 254 g/mol. The summed E-state index contributed by atoms with van der Waals surface area (Å²) in [7, 11) is 1.88. The summed E-state index contributed by atoms with van der Waals surface area (Å²) < 4.78 is 3.66. The molecule has 2 aromatic rings. The van der Waals surface area contributed by atoms with E-state index in [-0.39, 0.29) is 11.9 Å². The number of nitrogen functional groups attached to an aromatic ring is 1. The molecule has 0 saturated carbocycles. The predicted molar refractivity (Wildman–Crippen MR) is 78.3 cm³/mol. The number of hydrogen-bond donors (Lipinski definition) is 2. The lowest BCUT2D eigenvalue weighted by molar-refractivity contribution is 0.0940. The van der Waals surface area contributed by atoms with Crippen molar-refractivity contribution in [3.63, 3.8) is 0 Å². The van der Waals surface area contributed by atoms with Gasteiger partial charge in [0.1, 0.15) is 5.69 Å². The highest BCUT2D eigenvalue weighted by Crippen LogP contribution is 2.16. The molecule has 0 bridgehead atoms. The summed E-state index contributed by atoms with van der Waals surface area (Å²) in [5.41, 5.74) is 9.01. The smallest absolute Gasteiger partial charge is 0.268 e. The third kappa shape index (κ3) is 2.68. The van der Waals surface area contributed by atoms with Crippen molar-refractivity contribution >= 4 is 11.6 Å². The third-order valence-electron chi connectivity index (χ3n) is 3.43. The molecule has 108 valence electrons. The Bertz CT molecular complexity index is 624. The first kappa shape index (κ1) is 14.2. The van der Waals surface area contributed by atoms with Crippen molar-refractivity contribution < 1.29 is 4.79 Å². The second-order valence-electron chi connectivity index (χ2n) is 5.22. The van der Waals surface area contributed by atoms with E-state index in [4.69, 9.17) is 5.73 Å². The van der Waals surface area contributed by atoms with Crippen molar-refractivity contribution in [1.82, 2.24) is 19.7 Å². The van der Waals surface area contributed by atoms with Crippen molar-refractivity contribution in [2.75, 3.05) is 5.73 Å². The minimum atomic E-state index is -0.126. The van der Waals surface area contributed by atoms with Crippen molar-refractivity contribution in [1.29, 1.82) is 0 Å². The number of anilines is 1. The predicted octanol–water partition coefficient (Wildman–Crippen LogP) is 1.62. The van der Waals surface area contributed by atoms with Gasteiger partial charge >= 0.3 is 0 Å². The first-order chi connectivity index (χ1) is 9.40. The van der Waals surface area contributed by atoms with Gasteiger partial charge in [0, 0.05) is 37.1 Å². The number of aryl methyl sites for hydroxylation is 1. The molecule has 2 heterocycles. The standard InChI is InChI=1S/C14H21N5O/c1-9(2)19-8-12(15)5-13(19)14(20)16-6-11-7-17-18(4)10(11)3/h5,7-9H,6,15H2,1-4H3,(H,16,20). The number of amides is 1. The zero-order valence-corrected chi connectivity index (χ0v) is 12.3. The van der Waals surface area contributed by atoms with E-state index < -0.39 is 0 Å².